The van der Waals surface area contributed by atoms with E-state index in [-0.39, 0.29) is 24.2 Å². The summed E-state index contributed by atoms with van der Waals surface area (Å²) in [7, 11) is 0. The number of thiophene rings is 1. The van der Waals surface area contributed by atoms with Gasteiger partial charge >= 0.3 is 0 Å². The van der Waals surface area contributed by atoms with E-state index in [2.05, 4.69) is 4.90 Å². The molecule has 0 atom stereocenters. The highest BCUT2D eigenvalue weighted by molar-refractivity contribution is 7.10. The standard InChI is InChI=1S/C28H31ClFN3O3S/c1-21-9-16-37-26(21)19-33(18-22-5-7-25(30)8-6-22)27(34)20-32(11-10-31-12-14-36-15-13-31)28(35)23-3-2-4-24(29)17-23/h2-9,16-17H,10-15,18-20H2,1H3. The lowest BCUT2D eigenvalue weighted by atomic mass is 10.1. The molecule has 4 rings (SSSR count). The van der Waals surface area contributed by atoms with Crippen molar-refractivity contribution in [2.24, 2.45) is 0 Å². The number of morpholine rings is 1. The molecular weight excluding hydrogens is 513 g/mol. The van der Waals surface area contributed by atoms with Crippen LogP contribution >= 0.6 is 22.9 Å². The molecule has 3 aromatic rings. The summed E-state index contributed by atoms with van der Waals surface area (Å²) in [5, 5.41) is 2.47. The molecule has 37 heavy (non-hydrogen) atoms. The minimum absolute atomic E-state index is 0.0682. The Kier molecular flexibility index (Phi) is 9.68. The van der Waals surface area contributed by atoms with Crippen LogP contribution in [-0.2, 0) is 22.6 Å². The topological polar surface area (TPSA) is 53.1 Å². The monoisotopic (exact) mass is 543 g/mol. The van der Waals surface area contributed by atoms with Gasteiger partial charge in [0.25, 0.3) is 5.91 Å². The Morgan fingerprint density at radius 1 is 1.05 bits per heavy atom. The van der Waals surface area contributed by atoms with E-state index >= 15 is 0 Å². The van der Waals surface area contributed by atoms with Gasteiger partial charge in [-0.05, 0) is 59.8 Å². The first kappa shape index (κ1) is 27.3. The van der Waals surface area contributed by atoms with Crippen molar-refractivity contribution in [3.05, 3.63) is 92.4 Å². The molecular formula is C28H31ClFN3O3S. The Balaban J connectivity index is 1.54. The number of rotatable bonds is 10. The summed E-state index contributed by atoms with van der Waals surface area (Å²) >= 11 is 7.74. The summed E-state index contributed by atoms with van der Waals surface area (Å²) in [4.78, 5) is 33.9. The smallest absolute Gasteiger partial charge is 0.254 e. The van der Waals surface area contributed by atoms with E-state index in [1.807, 2.05) is 18.4 Å². The first-order valence-electron chi connectivity index (χ1n) is 12.3. The zero-order chi connectivity index (χ0) is 26.2. The fourth-order valence-electron chi connectivity index (χ4n) is 4.19. The fourth-order valence-corrected chi connectivity index (χ4v) is 5.30. The molecule has 9 heteroatoms. The minimum atomic E-state index is -0.322. The maximum absolute atomic E-state index is 13.7. The van der Waals surface area contributed by atoms with Gasteiger partial charge in [-0.15, -0.1) is 11.3 Å². The van der Waals surface area contributed by atoms with Crippen molar-refractivity contribution in [1.29, 1.82) is 0 Å². The van der Waals surface area contributed by atoms with E-state index < -0.39 is 0 Å². The van der Waals surface area contributed by atoms with Crippen molar-refractivity contribution >= 4 is 34.8 Å². The fraction of sp³-hybridized carbons (Fsp3) is 0.357. The van der Waals surface area contributed by atoms with Crippen LogP contribution in [0.3, 0.4) is 0 Å². The van der Waals surface area contributed by atoms with Crippen molar-refractivity contribution in [2.45, 2.75) is 20.0 Å². The lowest BCUT2D eigenvalue weighted by Gasteiger charge is -2.31. The average Bonchev–Trinajstić information content (AvgIpc) is 3.31. The quantitative estimate of drug-likeness (QED) is 0.367. The first-order valence-corrected chi connectivity index (χ1v) is 13.5. The highest BCUT2D eigenvalue weighted by Gasteiger charge is 2.24. The van der Waals surface area contributed by atoms with Crippen LogP contribution < -0.4 is 0 Å². The number of carbonyl (C=O) groups excluding carboxylic acids is 2. The van der Waals surface area contributed by atoms with Crippen LogP contribution in [0.15, 0.2) is 60.0 Å². The second-order valence-electron chi connectivity index (χ2n) is 9.09. The Morgan fingerprint density at radius 3 is 2.49 bits per heavy atom. The van der Waals surface area contributed by atoms with E-state index in [0.717, 1.165) is 29.1 Å². The van der Waals surface area contributed by atoms with Gasteiger partial charge in [0, 0.05) is 48.2 Å². The summed E-state index contributed by atoms with van der Waals surface area (Å²) in [6, 6.07) is 15.0. The van der Waals surface area contributed by atoms with Crippen LogP contribution in [0.25, 0.3) is 0 Å². The third-order valence-corrected chi connectivity index (χ3v) is 7.66. The summed E-state index contributed by atoms with van der Waals surface area (Å²) in [6.07, 6.45) is 0. The largest absolute Gasteiger partial charge is 0.379 e. The molecule has 2 heterocycles. The Labute approximate surface area is 226 Å². The van der Waals surface area contributed by atoms with Crippen LogP contribution in [0.1, 0.15) is 26.4 Å². The van der Waals surface area contributed by atoms with Crippen molar-refractivity contribution in [2.75, 3.05) is 45.9 Å². The molecule has 0 N–H and O–H groups in total. The van der Waals surface area contributed by atoms with Crippen molar-refractivity contribution in [3.63, 3.8) is 0 Å². The number of amides is 2. The van der Waals surface area contributed by atoms with E-state index in [9.17, 15) is 14.0 Å². The van der Waals surface area contributed by atoms with Crippen molar-refractivity contribution in [1.82, 2.24) is 14.7 Å². The molecule has 1 aromatic heterocycles. The summed E-state index contributed by atoms with van der Waals surface area (Å²) < 4.78 is 18.9. The molecule has 0 spiro atoms. The molecule has 6 nitrogen and oxygen atoms in total. The van der Waals surface area contributed by atoms with E-state index in [1.165, 1.54) is 12.1 Å². The van der Waals surface area contributed by atoms with Crippen molar-refractivity contribution in [3.8, 4) is 0 Å². The van der Waals surface area contributed by atoms with Gasteiger partial charge < -0.3 is 14.5 Å². The van der Waals surface area contributed by atoms with Crippen molar-refractivity contribution < 1.29 is 18.7 Å². The van der Waals surface area contributed by atoms with Gasteiger partial charge in [0.15, 0.2) is 0 Å². The van der Waals surface area contributed by atoms with Crippen LogP contribution in [0.2, 0.25) is 5.02 Å². The van der Waals surface area contributed by atoms with Gasteiger partial charge in [-0.2, -0.15) is 0 Å². The van der Waals surface area contributed by atoms with Gasteiger partial charge in [0.2, 0.25) is 5.91 Å². The maximum atomic E-state index is 13.7. The van der Waals surface area contributed by atoms with Gasteiger partial charge in [0.1, 0.15) is 12.4 Å². The van der Waals surface area contributed by atoms with E-state index in [0.29, 0.717) is 50.0 Å². The average molecular weight is 544 g/mol. The normalized spacial score (nSPS) is 13.9. The third kappa shape index (κ3) is 7.85. The number of aryl methyl sites for hydroxylation is 1. The molecule has 2 amide bonds. The number of benzene rings is 2. The summed E-state index contributed by atoms with van der Waals surface area (Å²) in [6.45, 7) is 6.64. The molecule has 196 valence electrons. The number of carbonyl (C=O) groups is 2. The second kappa shape index (κ2) is 13.1. The predicted octanol–water partition coefficient (Wildman–Crippen LogP) is 4.85. The molecule has 1 aliphatic heterocycles. The zero-order valence-electron chi connectivity index (χ0n) is 20.9. The molecule has 0 saturated carbocycles. The van der Waals surface area contributed by atoms with Crippen LogP contribution in [0.5, 0.6) is 0 Å². The first-order chi connectivity index (χ1) is 17.9. The molecule has 1 fully saturated rings. The number of ether oxygens (including phenoxy) is 1. The molecule has 0 radical (unpaired) electrons. The molecule has 2 aromatic carbocycles. The molecule has 0 bridgehead atoms. The second-order valence-corrected chi connectivity index (χ2v) is 10.5. The zero-order valence-corrected chi connectivity index (χ0v) is 22.4. The number of hydrogen-bond donors (Lipinski definition) is 0. The maximum Gasteiger partial charge on any atom is 0.254 e. The predicted molar refractivity (Wildman–Crippen MR) is 144 cm³/mol. The van der Waals surface area contributed by atoms with E-state index in [1.54, 1.807) is 57.5 Å². The molecule has 0 unspecified atom stereocenters. The van der Waals surface area contributed by atoms with Crippen LogP contribution in [0, 0.1) is 12.7 Å². The lowest BCUT2D eigenvalue weighted by molar-refractivity contribution is -0.133. The highest BCUT2D eigenvalue weighted by Crippen LogP contribution is 2.20. The number of hydrogen-bond acceptors (Lipinski definition) is 5. The SMILES string of the molecule is Cc1ccsc1CN(Cc1ccc(F)cc1)C(=O)CN(CCN1CCOCC1)C(=O)c1cccc(Cl)c1. The van der Waals surface area contributed by atoms with Gasteiger partial charge in [-0.1, -0.05) is 29.8 Å². The Morgan fingerprint density at radius 2 is 1.81 bits per heavy atom. The van der Waals surface area contributed by atoms with Crippen LogP contribution in [-0.4, -0.2) is 72.5 Å². The summed E-state index contributed by atoms with van der Waals surface area (Å²) in [5.74, 6) is -0.732. The third-order valence-electron chi connectivity index (χ3n) is 6.42. The highest BCUT2D eigenvalue weighted by atomic mass is 35.5. The Hall–Kier alpha value is -2.78. The van der Waals surface area contributed by atoms with Gasteiger partial charge in [-0.25, -0.2) is 4.39 Å². The number of nitrogens with zero attached hydrogens (tertiary/aromatic N) is 3. The minimum Gasteiger partial charge on any atom is -0.379 e. The van der Waals surface area contributed by atoms with E-state index in [4.69, 9.17) is 16.3 Å². The van der Waals surface area contributed by atoms with Crippen LogP contribution in [0.4, 0.5) is 4.39 Å². The van der Waals surface area contributed by atoms with Gasteiger partial charge in [-0.3, -0.25) is 14.5 Å². The molecule has 0 aliphatic carbocycles. The number of halogens is 2. The molecule has 1 saturated heterocycles. The molecule has 1 aliphatic rings. The van der Waals surface area contributed by atoms with Gasteiger partial charge in [0.05, 0.1) is 19.8 Å². The lowest BCUT2D eigenvalue weighted by Crippen LogP contribution is -2.47. The summed E-state index contributed by atoms with van der Waals surface area (Å²) in [5.41, 5.74) is 2.38. The Bertz CT molecular complexity index is 1200.